The molecule has 0 unspecified atom stereocenters. The molecule has 0 aromatic heterocycles. The van der Waals surface area contributed by atoms with Gasteiger partial charge in [-0.15, -0.1) is 0 Å². The van der Waals surface area contributed by atoms with Crippen molar-refractivity contribution in [3.8, 4) is 11.5 Å². The molecular weight excluding hydrogens is 424 g/mol. The number of ether oxygens (including phenoxy) is 3. The molecule has 168 valence electrons. The molecule has 0 saturated carbocycles. The van der Waals surface area contributed by atoms with E-state index in [2.05, 4.69) is 5.32 Å². The first kappa shape index (κ1) is 24.0. The van der Waals surface area contributed by atoms with Gasteiger partial charge in [0.15, 0.2) is 0 Å². The number of benzene rings is 2. The summed E-state index contributed by atoms with van der Waals surface area (Å²) < 4.78 is 41.1. The molecule has 1 N–H and O–H groups in total. The molecule has 0 saturated heterocycles. The molecule has 31 heavy (non-hydrogen) atoms. The highest BCUT2D eigenvalue weighted by molar-refractivity contribution is 7.92. The molecule has 0 radical (unpaired) electrons. The van der Waals surface area contributed by atoms with Crippen LogP contribution in [0.5, 0.6) is 11.5 Å². The van der Waals surface area contributed by atoms with E-state index in [1.165, 1.54) is 32.4 Å². The largest absolute Gasteiger partial charge is 0.497 e. The van der Waals surface area contributed by atoms with Crippen molar-refractivity contribution in [3.05, 3.63) is 47.5 Å². The van der Waals surface area contributed by atoms with Crippen molar-refractivity contribution >= 4 is 33.3 Å². The van der Waals surface area contributed by atoms with Crippen molar-refractivity contribution in [2.45, 2.75) is 13.8 Å². The SMILES string of the molecule is CCOC(=O)c1ccc(NC(=O)CN(c2ccc(OC)cc2OC)S(C)(=O)=O)c(C)c1. The summed E-state index contributed by atoms with van der Waals surface area (Å²) in [5.74, 6) is -0.294. The van der Waals surface area contributed by atoms with E-state index in [1.54, 1.807) is 32.0 Å². The van der Waals surface area contributed by atoms with Crippen LogP contribution in [0.4, 0.5) is 11.4 Å². The summed E-state index contributed by atoms with van der Waals surface area (Å²) in [6.07, 6.45) is 1.00. The standard InChI is InChI=1S/C21H26N2O7S/c1-6-30-21(25)15-7-9-17(14(2)11-15)22-20(24)13-23(31(5,26)27)18-10-8-16(28-3)12-19(18)29-4/h7-12H,6,13H2,1-5H3,(H,22,24). The van der Waals surface area contributed by atoms with E-state index in [4.69, 9.17) is 14.2 Å². The van der Waals surface area contributed by atoms with E-state index < -0.39 is 28.4 Å². The lowest BCUT2D eigenvalue weighted by Gasteiger charge is -2.24. The number of aryl methyl sites for hydroxylation is 1. The van der Waals surface area contributed by atoms with Gasteiger partial charge in [0.2, 0.25) is 15.9 Å². The zero-order valence-corrected chi connectivity index (χ0v) is 18.9. The zero-order valence-electron chi connectivity index (χ0n) is 18.1. The number of esters is 1. The Hall–Kier alpha value is -3.27. The molecule has 0 bridgehead atoms. The Kier molecular flexibility index (Phi) is 7.87. The Morgan fingerprint density at radius 1 is 1.06 bits per heavy atom. The maximum absolute atomic E-state index is 12.7. The van der Waals surface area contributed by atoms with Crippen LogP contribution in [0.3, 0.4) is 0 Å². The molecule has 0 fully saturated rings. The first-order valence-corrected chi connectivity index (χ1v) is 11.2. The fraction of sp³-hybridized carbons (Fsp3) is 0.333. The van der Waals surface area contributed by atoms with Gasteiger partial charge in [0.05, 0.1) is 38.3 Å². The maximum Gasteiger partial charge on any atom is 0.338 e. The van der Waals surface area contributed by atoms with Gasteiger partial charge in [-0.1, -0.05) is 0 Å². The monoisotopic (exact) mass is 450 g/mol. The van der Waals surface area contributed by atoms with Crippen LogP contribution in [0.2, 0.25) is 0 Å². The first-order valence-electron chi connectivity index (χ1n) is 9.38. The number of methoxy groups -OCH3 is 2. The molecule has 2 aromatic carbocycles. The molecule has 9 nitrogen and oxygen atoms in total. The van der Waals surface area contributed by atoms with E-state index >= 15 is 0 Å². The van der Waals surface area contributed by atoms with Gasteiger partial charge in [0, 0.05) is 11.8 Å². The van der Waals surface area contributed by atoms with E-state index in [1.807, 2.05) is 0 Å². The van der Waals surface area contributed by atoms with Crippen molar-refractivity contribution in [2.75, 3.05) is 43.2 Å². The number of hydrogen-bond acceptors (Lipinski definition) is 7. The van der Waals surface area contributed by atoms with Gasteiger partial charge >= 0.3 is 5.97 Å². The molecule has 1 amide bonds. The highest BCUT2D eigenvalue weighted by Gasteiger charge is 2.24. The minimum atomic E-state index is -3.80. The summed E-state index contributed by atoms with van der Waals surface area (Å²) in [6, 6.07) is 9.30. The van der Waals surface area contributed by atoms with Crippen LogP contribution in [0.1, 0.15) is 22.8 Å². The number of anilines is 2. The number of carbonyl (C=O) groups is 2. The van der Waals surface area contributed by atoms with E-state index in [0.29, 0.717) is 22.6 Å². The fourth-order valence-electron chi connectivity index (χ4n) is 2.84. The molecule has 0 aliphatic heterocycles. The smallest absolute Gasteiger partial charge is 0.338 e. The Labute approximate surface area is 182 Å². The summed E-state index contributed by atoms with van der Waals surface area (Å²) in [4.78, 5) is 24.5. The zero-order chi connectivity index (χ0) is 23.2. The van der Waals surface area contributed by atoms with Crippen LogP contribution < -0.4 is 19.1 Å². The molecule has 10 heteroatoms. The fourth-order valence-corrected chi connectivity index (χ4v) is 3.70. The molecule has 0 aliphatic rings. The lowest BCUT2D eigenvalue weighted by molar-refractivity contribution is -0.114. The Morgan fingerprint density at radius 2 is 1.77 bits per heavy atom. The second-order valence-corrected chi connectivity index (χ2v) is 8.51. The minimum Gasteiger partial charge on any atom is -0.497 e. The minimum absolute atomic E-state index is 0.204. The molecule has 2 rings (SSSR count). The molecule has 2 aromatic rings. The lowest BCUT2D eigenvalue weighted by Crippen LogP contribution is -2.37. The number of carbonyl (C=O) groups excluding carboxylic acids is 2. The molecule has 0 heterocycles. The van der Waals surface area contributed by atoms with Crippen LogP contribution in [0, 0.1) is 6.92 Å². The average molecular weight is 451 g/mol. The highest BCUT2D eigenvalue weighted by Crippen LogP contribution is 2.33. The van der Waals surface area contributed by atoms with Crippen molar-refractivity contribution in [1.82, 2.24) is 0 Å². The lowest BCUT2D eigenvalue weighted by atomic mass is 10.1. The third-order valence-electron chi connectivity index (χ3n) is 4.35. The number of nitrogens with one attached hydrogen (secondary N) is 1. The number of nitrogens with zero attached hydrogens (tertiary/aromatic N) is 1. The number of rotatable bonds is 9. The van der Waals surface area contributed by atoms with Crippen LogP contribution in [-0.4, -0.2) is 53.9 Å². The second-order valence-electron chi connectivity index (χ2n) is 6.61. The van der Waals surface area contributed by atoms with Gasteiger partial charge in [0.25, 0.3) is 0 Å². The average Bonchev–Trinajstić information content (AvgIpc) is 2.72. The van der Waals surface area contributed by atoms with Crippen molar-refractivity contribution in [3.63, 3.8) is 0 Å². The van der Waals surface area contributed by atoms with Gasteiger partial charge in [-0.05, 0) is 49.7 Å². The second kappa shape index (κ2) is 10.2. The maximum atomic E-state index is 12.7. The molecular formula is C21H26N2O7S. The summed E-state index contributed by atoms with van der Waals surface area (Å²) in [5.41, 5.74) is 1.65. The van der Waals surface area contributed by atoms with Gasteiger partial charge in [-0.2, -0.15) is 0 Å². The number of hydrogen-bond donors (Lipinski definition) is 1. The summed E-state index contributed by atoms with van der Waals surface area (Å²) in [5, 5.41) is 2.68. The Balaban J connectivity index is 2.26. The number of sulfonamides is 1. The number of amides is 1. The molecule has 0 aliphatic carbocycles. The third kappa shape index (κ3) is 6.11. The van der Waals surface area contributed by atoms with Crippen molar-refractivity contribution < 1.29 is 32.2 Å². The van der Waals surface area contributed by atoms with Crippen LogP contribution in [0.25, 0.3) is 0 Å². The van der Waals surface area contributed by atoms with Gasteiger partial charge < -0.3 is 19.5 Å². The predicted molar refractivity (Wildman–Crippen MR) is 118 cm³/mol. The normalized spacial score (nSPS) is 10.9. The molecule has 0 spiro atoms. The van der Waals surface area contributed by atoms with E-state index in [-0.39, 0.29) is 18.0 Å². The van der Waals surface area contributed by atoms with Crippen molar-refractivity contribution in [2.24, 2.45) is 0 Å². The molecule has 0 atom stereocenters. The van der Waals surface area contributed by atoms with Gasteiger partial charge in [0.1, 0.15) is 18.0 Å². The van der Waals surface area contributed by atoms with Crippen LogP contribution in [-0.2, 0) is 19.6 Å². The summed E-state index contributed by atoms with van der Waals surface area (Å²) in [7, 11) is -0.927. The van der Waals surface area contributed by atoms with Gasteiger partial charge in [-0.25, -0.2) is 13.2 Å². The van der Waals surface area contributed by atoms with Gasteiger partial charge in [-0.3, -0.25) is 9.10 Å². The quantitative estimate of drug-likeness (QED) is 0.585. The van der Waals surface area contributed by atoms with Crippen LogP contribution >= 0.6 is 0 Å². The van der Waals surface area contributed by atoms with E-state index in [9.17, 15) is 18.0 Å². The topological polar surface area (TPSA) is 111 Å². The first-order chi connectivity index (χ1) is 14.6. The highest BCUT2D eigenvalue weighted by atomic mass is 32.2. The Morgan fingerprint density at radius 3 is 2.32 bits per heavy atom. The van der Waals surface area contributed by atoms with Crippen molar-refractivity contribution in [1.29, 1.82) is 0 Å². The third-order valence-corrected chi connectivity index (χ3v) is 5.48. The van der Waals surface area contributed by atoms with Crippen LogP contribution in [0.15, 0.2) is 36.4 Å². The summed E-state index contributed by atoms with van der Waals surface area (Å²) >= 11 is 0. The summed E-state index contributed by atoms with van der Waals surface area (Å²) in [6.45, 7) is 3.22. The Bertz CT molecular complexity index is 1070. The predicted octanol–water partition coefficient (Wildman–Crippen LogP) is 2.59. The van der Waals surface area contributed by atoms with E-state index in [0.717, 1.165) is 10.6 Å².